The summed E-state index contributed by atoms with van der Waals surface area (Å²) in [5, 5.41) is 16.6. The predicted molar refractivity (Wildman–Crippen MR) is 82.0 cm³/mol. The predicted octanol–water partition coefficient (Wildman–Crippen LogP) is 1.60. The topological polar surface area (TPSA) is 93.5 Å². The minimum absolute atomic E-state index is 0.0339. The van der Waals surface area contributed by atoms with Gasteiger partial charge in [0.05, 0.1) is 16.0 Å². The van der Waals surface area contributed by atoms with Crippen molar-refractivity contribution in [1.82, 2.24) is 10.6 Å². The zero-order chi connectivity index (χ0) is 15.7. The van der Waals surface area contributed by atoms with Gasteiger partial charge in [-0.25, -0.2) is 0 Å². The average molecular weight is 360 g/mol. The van der Waals surface area contributed by atoms with Crippen LogP contribution in [0.5, 0.6) is 0 Å². The number of rotatable bonds is 9. The lowest BCUT2D eigenvalue weighted by Crippen LogP contribution is -2.29. The quantitative estimate of drug-likeness (QED) is 0.396. The Bertz CT molecular complexity index is 496. The van der Waals surface area contributed by atoms with E-state index in [-0.39, 0.29) is 11.6 Å². The Morgan fingerprint density at radius 3 is 2.86 bits per heavy atom. The summed E-state index contributed by atoms with van der Waals surface area (Å²) in [7, 11) is 1.57. The lowest BCUT2D eigenvalue weighted by atomic mass is 10.2. The SMILES string of the molecule is COCCNC(=O)CCNCc1ccc(Br)c([N+](=O)[O-])c1. The Morgan fingerprint density at radius 2 is 2.19 bits per heavy atom. The monoisotopic (exact) mass is 359 g/mol. The van der Waals surface area contributed by atoms with Crippen LogP contribution in [-0.2, 0) is 16.1 Å². The Labute approximate surface area is 131 Å². The highest BCUT2D eigenvalue weighted by molar-refractivity contribution is 9.10. The summed E-state index contributed by atoms with van der Waals surface area (Å²) in [4.78, 5) is 21.8. The van der Waals surface area contributed by atoms with Crippen LogP contribution in [-0.4, -0.2) is 37.6 Å². The first-order chi connectivity index (χ1) is 10.0. The highest BCUT2D eigenvalue weighted by atomic mass is 79.9. The van der Waals surface area contributed by atoms with Gasteiger partial charge in [0.15, 0.2) is 0 Å². The number of carbonyl (C=O) groups excluding carboxylic acids is 1. The van der Waals surface area contributed by atoms with Gasteiger partial charge in [-0.05, 0) is 27.6 Å². The first-order valence-electron chi connectivity index (χ1n) is 6.43. The van der Waals surface area contributed by atoms with E-state index in [4.69, 9.17) is 4.74 Å². The molecule has 0 spiro atoms. The summed E-state index contributed by atoms with van der Waals surface area (Å²) in [6.45, 7) is 1.96. The summed E-state index contributed by atoms with van der Waals surface area (Å²) in [6.07, 6.45) is 0.350. The van der Waals surface area contributed by atoms with Crippen molar-refractivity contribution < 1.29 is 14.5 Å². The van der Waals surface area contributed by atoms with Crippen molar-refractivity contribution in [3.63, 3.8) is 0 Å². The van der Waals surface area contributed by atoms with E-state index in [1.165, 1.54) is 6.07 Å². The molecule has 8 heteroatoms. The van der Waals surface area contributed by atoms with Crippen LogP contribution in [0.2, 0.25) is 0 Å². The molecule has 0 saturated carbocycles. The summed E-state index contributed by atoms with van der Waals surface area (Å²) < 4.78 is 5.28. The van der Waals surface area contributed by atoms with Crippen LogP contribution in [0.3, 0.4) is 0 Å². The van der Waals surface area contributed by atoms with E-state index in [1.54, 1.807) is 19.2 Å². The summed E-state index contributed by atoms with van der Waals surface area (Å²) in [5.41, 5.74) is 0.830. The van der Waals surface area contributed by atoms with Crippen LogP contribution >= 0.6 is 15.9 Å². The smallest absolute Gasteiger partial charge is 0.283 e. The average Bonchev–Trinajstić information content (AvgIpc) is 2.45. The maximum absolute atomic E-state index is 11.4. The van der Waals surface area contributed by atoms with Gasteiger partial charge in [-0.15, -0.1) is 0 Å². The molecule has 21 heavy (non-hydrogen) atoms. The molecule has 1 rings (SSSR count). The van der Waals surface area contributed by atoms with E-state index in [2.05, 4.69) is 26.6 Å². The molecule has 1 aromatic carbocycles. The molecule has 0 aromatic heterocycles. The van der Waals surface area contributed by atoms with Crippen molar-refractivity contribution in [3.8, 4) is 0 Å². The van der Waals surface area contributed by atoms with Crippen molar-refractivity contribution in [2.75, 3.05) is 26.8 Å². The molecular formula is C13H18BrN3O4. The Balaban J connectivity index is 2.31. The van der Waals surface area contributed by atoms with E-state index in [0.717, 1.165) is 5.56 Å². The molecule has 0 atom stereocenters. The van der Waals surface area contributed by atoms with Gasteiger partial charge >= 0.3 is 0 Å². The van der Waals surface area contributed by atoms with Gasteiger partial charge < -0.3 is 15.4 Å². The molecule has 116 valence electrons. The van der Waals surface area contributed by atoms with Gasteiger partial charge in [0.1, 0.15) is 0 Å². The number of carbonyl (C=O) groups is 1. The van der Waals surface area contributed by atoms with Crippen molar-refractivity contribution in [2.24, 2.45) is 0 Å². The molecule has 7 nitrogen and oxygen atoms in total. The van der Waals surface area contributed by atoms with Crippen LogP contribution in [0, 0.1) is 10.1 Å². The van der Waals surface area contributed by atoms with Crippen molar-refractivity contribution in [3.05, 3.63) is 38.3 Å². The lowest BCUT2D eigenvalue weighted by Gasteiger charge is -2.06. The number of amides is 1. The molecule has 0 bridgehead atoms. The third-order valence-electron chi connectivity index (χ3n) is 2.69. The molecule has 0 heterocycles. The van der Waals surface area contributed by atoms with Gasteiger partial charge in [0, 0.05) is 39.2 Å². The minimum Gasteiger partial charge on any atom is -0.383 e. The summed E-state index contributed by atoms with van der Waals surface area (Å²) in [5.74, 6) is -0.0543. The standard InChI is InChI=1S/C13H18BrN3O4/c1-21-7-6-16-13(18)4-5-15-9-10-2-3-11(14)12(8-10)17(19)20/h2-3,8,15H,4-7,9H2,1H3,(H,16,18). The molecule has 0 fully saturated rings. The Morgan fingerprint density at radius 1 is 1.43 bits per heavy atom. The second kappa shape index (κ2) is 9.43. The van der Waals surface area contributed by atoms with Gasteiger partial charge in [-0.2, -0.15) is 0 Å². The fraction of sp³-hybridized carbons (Fsp3) is 0.462. The number of methoxy groups -OCH3 is 1. The van der Waals surface area contributed by atoms with Crippen LogP contribution in [0.25, 0.3) is 0 Å². The Hall–Kier alpha value is -1.51. The molecular weight excluding hydrogens is 342 g/mol. The number of ether oxygens (including phenoxy) is 1. The largest absolute Gasteiger partial charge is 0.383 e. The molecule has 1 aromatic rings. The zero-order valence-electron chi connectivity index (χ0n) is 11.7. The van der Waals surface area contributed by atoms with Gasteiger partial charge in [0.25, 0.3) is 5.69 Å². The molecule has 0 saturated heterocycles. The van der Waals surface area contributed by atoms with E-state index >= 15 is 0 Å². The number of hydrogen-bond donors (Lipinski definition) is 2. The van der Waals surface area contributed by atoms with E-state index in [9.17, 15) is 14.9 Å². The highest BCUT2D eigenvalue weighted by Gasteiger charge is 2.11. The molecule has 0 aliphatic heterocycles. The number of nitro groups is 1. The minimum atomic E-state index is -0.434. The summed E-state index contributed by atoms with van der Waals surface area (Å²) in [6, 6.07) is 4.95. The van der Waals surface area contributed by atoms with Gasteiger partial charge in [0.2, 0.25) is 5.91 Å². The van der Waals surface area contributed by atoms with E-state index < -0.39 is 4.92 Å². The van der Waals surface area contributed by atoms with E-state index in [0.29, 0.717) is 37.1 Å². The lowest BCUT2D eigenvalue weighted by molar-refractivity contribution is -0.385. The number of halogens is 1. The number of benzene rings is 1. The highest BCUT2D eigenvalue weighted by Crippen LogP contribution is 2.25. The number of nitrogens with one attached hydrogen (secondary N) is 2. The van der Waals surface area contributed by atoms with Gasteiger partial charge in [-0.3, -0.25) is 14.9 Å². The molecule has 2 N–H and O–H groups in total. The fourth-order valence-electron chi connectivity index (χ4n) is 1.62. The molecule has 0 radical (unpaired) electrons. The number of hydrogen-bond acceptors (Lipinski definition) is 5. The second-order valence-corrected chi connectivity index (χ2v) is 5.17. The number of nitrogens with zero attached hydrogens (tertiary/aromatic N) is 1. The van der Waals surface area contributed by atoms with Crippen LogP contribution < -0.4 is 10.6 Å². The van der Waals surface area contributed by atoms with Crippen LogP contribution in [0.4, 0.5) is 5.69 Å². The fourth-order valence-corrected chi connectivity index (χ4v) is 2.02. The first kappa shape index (κ1) is 17.5. The van der Waals surface area contributed by atoms with Crippen molar-refractivity contribution >= 4 is 27.5 Å². The number of nitro benzene ring substituents is 1. The first-order valence-corrected chi connectivity index (χ1v) is 7.23. The second-order valence-electron chi connectivity index (χ2n) is 4.31. The maximum atomic E-state index is 11.4. The molecule has 0 aliphatic carbocycles. The Kier molecular flexibility index (Phi) is 7.88. The maximum Gasteiger partial charge on any atom is 0.283 e. The molecule has 0 unspecified atom stereocenters. The van der Waals surface area contributed by atoms with Crippen molar-refractivity contribution in [2.45, 2.75) is 13.0 Å². The third kappa shape index (κ3) is 6.65. The van der Waals surface area contributed by atoms with Crippen LogP contribution in [0.1, 0.15) is 12.0 Å². The van der Waals surface area contributed by atoms with Gasteiger partial charge in [-0.1, -0.05) is 6.07 Å². The van der Waals surface area contributed by atoms with Crippen molar-refractivity contribution in [1.29, 1.82) is 0 Å². The van der Waals surface area contributed by atoms with E-state index in [1.807, 2.05) is 0 Å². The summed E-state index contributed by atoms with van der Waals surface area (Å²) >= 11 is 3.14. The zero-order valence-corrected chi connectivity index (χ0v) is 13.3. The molecule has 0 aliphatic rings. The third-order valence-corrected chi connectivity index (χ3v) is 3.36. The normalized spacial score (nSPS) is 10.4. The molecule has 1 amide bonds. The van der Waals surface area contributed by atoms with Crippen LogP contribution in [0.15, 0.2) is 22.7 Å².